The lowest BCUT2D eigenvalue weighted by Crippen LogP contribution is -2.46. The first-order valence-corrected chi connectivity index (χ1v) is 13.0. The van der Waals surface area contributed by atoms with Gasteiger partial charge in [0.2, 0.25) is 0 Å². The van der Waals surface area contributed by atoms with Crippen LogP contribution in [0.15, 0.2) is 43.0 Å². The fraction of sp³-hybridized carbons (Fsp3) is 0.444. The zero-order valence-electron chi connectivity index (χ0n) is 21.2. The highest BCUT2D eigenvalue weighted by molar-refractivity contribution is 6.40. The molecule has 2 fully saturated rings. The fourth-order valence-corrected chi connectivity index (χ4v) is 5.70. The number of pyridine rings is 1. The van der Waals surface area contributed by atoms with Crippen molar-refractivity contribution >= 4 is 39.3 Å². The number of benzene rings is 1. The maximum atomic E-state index is 13.5. The van der Waals surface area contributed by atoms with E-state index >= 15 is 0 Å². The SMILES string of the molecule is C[C@H]1CC[C@H](c2ccc3cn(C4CCN(C)CC4)nc3c2)N(C(=O)C(=O)Nc2cncc3cn[nH]c23)C1. The summed E-state index contributed by atoms with van der Waals surface area (Å²) in [6, 6.07) is 6.51. The Balaban J connectivity index is 1.24. The second kappa shape index (κ2) is 9.59. The largest absolute Gasteiger partial charge is 0.327 e. The number of hydrogen-bond acceptors (Lipinski definition) is 6. The van der Waals surface area contributed by atoms with Gasteiger partial charge in [-0.25, -0.2) is 0 Å². The molecule has 0 saturated carbocycles. The second-order valence-electron chi connectivity index (χ2n) is 10.6. The quantitative estimate of drug-likeness (QED) is 0.417. The molecule has 1 aromatic carbocycles. The summed E-state index contributed by atoms with van der Waals surface area (Å²) in [5, 5.41) is 16.4. The molecule has 2 amide bonds. The van der Waals surface area contributed by atoms with E-state index in [1.807, 2.05) is 0 Å². The third-order valence-corrected chi connectivity index (χ3v) is 7.87. The lowest BCUT2D eigenvalue weighted by molar-refractivity contribution is -0.146. The van der Waals surface area contributed by atoms with Gasteiger partial charge in [-0.2, -0.15) is 10.2 Å². The van der Waals surface area contributed by atoms with Crippen LogP contribution >= 0.6 is 0 Å². The number of anilines is 1. The van der Waals surface area contributed by atoms with E-state index in [4.69, 9.17) is 5.10 Å². The van der Waals surface area contributed by atoms with Crippen molar-refractivity contribution in [1.82, 2.24) is 34.8 Å². The predicted molar refractivity (Wildman–Crippen MR) is 141 cm³/mol. The van der Waals surface area contributed by atoms with Gasteiger partial charge < -0.3 is 15.1 Å². The number of amides is 2. The topological polar surface area (TPSA) is 112 Å². The monoisotopic (exact) mass is 500 g/mol. The first kappa shape index (κ1) is 23.6. The van der Waals surface area contributed by atoms with E-state index in [0.29, 0.717) is 29.7 Å². The number of aromatic amines is 1. The van der Waals surface area contributed by atoms with Crippen LogP contribution in [0.1, 0.15) is 50.3 Å². The van der Waals surface area contributed by atoms with E-state index in [1.165, 1.54) is 6.20 Å². The van der Waals surface area contributed by atoms with Gasteiger partial charge in [0.05, 0.1) is 41.2 Å². The number of fused-ring (bicyclic) bond motifs is 2. The highest BCUT2D eigenvalue weighted by Crippen LogP contribution is 2.35. The van der Waals surface area contributed by atoms with Gasteiger partial charge >= 0.3 is 11.8 Å². The molecule has 5 heterocycles. The normalized spacial score (nSPS) is 21.5. The second-order valence-corrected chi connectivity index (χ2v) is 10.6. The Kier molecular flexibility index (Phi) is 6.11. The Labute approximate surface area is 215 Å². The van der Waals surface area contributed by atoms with Gasteiger partial charge in [0.1, 0.15) is 0 Å². The molecule has 0 radical (unpaired) electrons. The molecule has 10 heteroatoms. The molecule has 3 aromatic heterocycles. The van der Waals surface area contributed by atoms with Crippen LogP contribution in [-0.4, -0.2) is 73.3 Å². The molecule has 192 valence electrons. The van der Waals surface area contributed by atoms with Crippen molar-refractivity contribution < 1.29 is 9.59 Å². The number of rotatable bonds is 3. The van der Waals surface area contributed by atoms with E-state index in [0.717, 1.165) is 60.6 Å². The van der Waals surface area contributed by atoms with Crippen LogP contribution < -0.4 is 5.32 Å². The van der Waals surface area contributed by atoms with Crippen LogP contribution in [0.3, 0.4) is 0 Å². The van der Waals surface area contributed by atoms with Gasteiger partial charge in [0.25, 0.3) is 0 Å². The number of H-pyrrole nitrogens is 1. The number of aromatic nitrogens is 5. The molecule has 10 nitrogen and oxygen atoms in total. The third-order valence-electron chi connectivity index (χ3n) is 7.87. The van der Waals surface area contributed by atoms with Crippen LogP contribution in [0.2, 0.25) is 0 Å². The summed E-state index contributed by atoms with van der Waals surface area (Å²) in [6.45, 7) is 4.81. The lowest BCUT2D eigenvalue weighted by atomic mass is 9.89. The molecule has 37 heavy (non-hydrogen) atoms. The van der Waals surface area contributed by atoms with Gasteiger partial charge in [-0.05, 0) is 63.4 Å². The van der Waals surface area contributed by atoms with Crippen LogP contribution in [0.4, 0.5) is 5.69 Å². The summed E-state index contributed by atoms with van der Waals surface area (Å²) in [7, 11) is 2.16. The van der Waals surface area contributed by atoms with Crippen LogP contribution in [0, 0.1) is 5.92 Å². The molecule has 4 aromatic rings. The minimum absolute atomic E-state index is 0.173. The first-order chi connectivity index (χ1) is 18.0. The standard InChI is InChI=1S/C27H32N8O2/c1-17-3-6-24(18-4-5-19-16-35(32-22(19)11-18)21-7-9-33(2)10-8-21)34(15-17)27(37)26(36)30-23-14-28-12-20-13-29-31-25(20)23/h4-5,11-14,16-17,21,24H,3,6-10,15H2,1-2H3,(H,29,31)(H,30,36)/t17-,24+/m0/s1. The average molecular weight is 501 g/mol. The molecule has 0 spiro atoms. The third kappa shape index (κ3) is 4.57. The van der Waals surface area contributed by atoms with E-state index in [1.54, 1.807) is 17.3 Å². The Morgan fingerprint density at radius 3 is 2.73 bits per heavy atom. The average Bonchev–Trinajstić information content (AvgIpc) is 3.56. The van der Waals surface area contributed by atoms with Gasteiger partial charge in [-0.3, -0.25) is 24.4 Å². The molecule has 0 aliphatic carbocycles. The van der Waals surface area contributed by atoms with Crippen molar-refractivity contribution in [2.45, 2.75) is 44.7 Å². The molecule has 6 rings (SSSR count). The zero-order valence-corrected chi connectivity index (χ0v) is 21.2. The molecule has 0 bridgehead atoms. The predicted octanol–water partition coefficient (Wildman–Crippen LogP) is 3.51. The highest BCUT2D eigenvalue weighted by Gasteiger charge is 2.34. The number of hydrogen-bond donors (Lipinski definition) is 2. The number of likely N-dealkylation sites (tertiary alicyclic amines) is 2. The summed E-state index contributed by atoms with van der Waals surface area (Å²) in [4.78, 5) is 34.8. The van der Waals surface area contributed by atoms with Gasteiger partial charge in [0, 0.05) is 29.7 Å². The summed E-state index contributed by atoms with van der Waals surface area (Å²) in [6.07, 6.45) is 10.9. The van der Waals surface area contributed by atoms with E-state index in [9.17, 15) is 9.59 Å². The highest BCUT2D eigenvalue weighted by atomic mass is 16.2. The maximum absolute atomic E-state index is 13.5. The van der Waals surface area contributed by atoms with Crippen molar-refractivity contribution in [2.24, 2.45) is 5.92 Å². The van der Waals surface area contributed by atoms with Crippen LogP contribution in [0.25, 0.3) is 21.8 Å². The minimum Gasteiger partial charge on any atom is -0.327 e. The zero-order chi connectivity index (χ0) is 25.5. The molecule has 2 atom stereocenters. The number of carbonyl (C=O) groups is 2. The maximum Gasteiger partial charge on any atom is 0.314 e. The van der Waals surface area contributed by atoms with E-state index in [2.05, 4.69) is 68.4 Å². The van der Waals surface area contributed by atoms with Gasteiger partial charge in [0.15, 0.2) is 0 Å². The molecule has 2 saturated heterocycles. The number of nitrogens with one attached hydrogen (secondary N) is 2. The van der Waals surface area contributed by atoms with Crippen molar-refractivity contribution in [1.29, 1.82) is 0 Å². The Morgan fingerprint density at radius 1 is 1.05 bits per heavy atom. The summed E-state index contributed by atoms with van der Waals surface area (Å²) in [5.41, 5.74) is 3.04. The summed E-state index contributed by atoms with van der Waals surface area (Å²) >= 11 is 0. The molecule has 0 unspecified atom stereocenters. The summed E-state index contributed by atoms with van der Waals surface area (Å²) < 4.78 is 2.12. The number of carbonyl (C=O) groups excluding carboxylic acids is 2. The van der Waals surface area contributed by atoms with Gasteiger partial charge in [-0.1, -0.05) is 19.1 Å². The van der Waals surface area contributed by atoms with E-state index < -0.39 is 11.8 Å². The van der Waals surface area contributed by atoms with Gasteiger partial charge in [-0.15, -0.1) is 0 Å². The smallest absolute Gasteiger partial charge is 0.314 e. The molecule has 2 N–H and O–H groups in total. The Hall–Kier alpha value is -3.79. The van der Waals surface area contributed by atoms with Crippen molar-refractivity contribution in [3.05, 3.63) is 48.5 Å². The Bertz CT molecular complexity index is 1450. The van der Waals surface area contributed by atoms with Crippen LogP contribution in [-0.2, 0) is 9.59 Å². The van der Waals surface area contributed by atoms with E-state index in [-0.39, 0.29) is 6.04 Å². The summed E-state index contributed by atoms with van der Waals surface area (Å²) in [5.74, 6) is -0.890. The molecule has 2 aliphatic rings. The van der Waals surface area contributed by atoms with Crippen molar-refractivity contribution in [3.63, 3.8) is 0 Å². The molecule has 2 aliphatic heterocycles. The number of piperidine rings is 2. The van der Waals surface area contributed by atoms with Crippen molar-refractivity contribution in [2.75, 3.05) is 32.0 Å². The number of nitrogens with zero attached hydrogens (tertiary/aromatic N) is 6. The molecular weight excluding hydrogens is 468 g/mol. The lowest BCUT2D eigenvalue weighted by Gasteiger charge is -2.38. The minimum atomic E-state index is -0.671. The molecular formula is C27H32N8O2. The van der Waals surface area contributed by atoms with Crippen LogP contribution in [0.5, 0.6) is 0 Å². The first-order valence-electron chi connectivity index (χ1n) is 13.0. The fourth-order valence-electron chi connectivity index (χ4n) is 5.70. The Morgan fingerprint density at radius 2 is 1.89 bits per heavy atom. The van der Waals surface area contributed by atoms with Crippen molar-refractivity contribution in [3.8, 4) is 0 Å².